The van der Waals surface area contributed by atoms with Crippen molar-refractivity contribution in [3.8, 4) is 0 Å². The highest BCUT2D eigenvalue weighted by Crippen LogP contribution is 2.43. The average Bonchev–Trinajstić information content (AvgIpc) is 2.60. The largest absolute Gasteiger partial charge is 0.416 e. The van der Waals surface area contributed by atoms with Crippen LogP contribution in [0.25, 0.3) is 5.70 Å². The van der Waals surface area contributed by atoms with Gasteiger partial charge in [0.25, 0.3) is 5.91 Å². The highest BCUT2D eigenvalue weighted by atomic mass is 19.4. The molecule has 0 bridgehead atoms. The maximum atomic E-state index is 14.1. The summed E-state index contributed by atoms with van der Waals surface area (Å²) in [4.78, 5) is 14.0. The number of alkyl halides is 3. The van der Waals surface area contributed by atoms with Crippen LogP contribution in [0, 0.1) is 11.6 Å². The molecule has 0 radical (unpaired) electrons. The minimum Gasteiger partial charge on any atom is -0.364 e. The van der Waals surface area contributed by atoms with Gasteiger partial charge in [0.2, 0.25) is 0 Å². The summed E-state index contributed by atoms with van der Waals surface area (Å²) in [5, 5.41) is 3.07. The van der Waals surface area contributed by atoms with E-state index in [4.69, 9.17) is 0 Å². The molecule has 0 spiro atoms. The summed E-state index contributed by atoms with van der Waals surface area (Å²) in [5.41, 5.74) is 0.164. The fourth-order valence-electron chi connectivity index (χ4n) is 3.88. The van der Waals surface area contributed by atoms with Gasteiger partial charge in [-0.25, -0.2) is 8.78 Å². The number of carbonyl (C=O) groups is 1. The second-order valence-electron chi connectivity index (χ2n) is 6.90. The first-order chi connectivity index (χ1) is 13.2. The molecule has 146 valence electrons. The monoisotopic (exact) mass is 394 g/mol. The maximum absolute atomic E-state index is 14.1. The Morgan fingerprint density at radius 2 is 1.71 bits per heavy atom. The lowest BCUT2D eigenvalue weighted by Crippen LogP contribution is -2.69. The zero-order valence-corrected chi connectivity index (χ0v) is 14.6. The molecule has 2 aliphatic heterocycles. The number of rotatable bonds is 2. The van der Waals surface area contributed by atoms with E-state index in [1.807, 2.05) is 0 Å². The fraction of sp³-hybridized carbons (Fsp3) is 0.250. The summed E-state index contributed by atoms with van der Waals surface area (Å²) >= 11 is 0. The Hall–Kier alpha value is -2.90. The molecule has 1 fully saturated rings. The van der Waals surface area contributed by atoms with E-state index >= 15 is 0 Å². The van der Waals surface area contributed by atoms with Crippen LogP contribution in [-0.2, 0) is 11.0 Å². The van der Waals surface area contributed by atoms with Gasteiger partial charge in [-0.05, 0) is 36.8 Å². The number of carbonyl (C=O) groups excluding carboxylic acids is 1. The molecule has 0 aliphatic carbocycles. The number of hydrogen-bond acceptors (Lipinski definition) is 2. The molecule has 2 aromatic rings. The molecule has 1 N–H and O–H groups in total. The van der Waals surface area contributed by atoms with E-state index in [-0.39, 0.29) is 29.1 Å². The number of nitrogens with zero attached hydrogens (tertiary/aromatic N) is 1. The van der Waals surface area contributed by atoms with E-state index in [1.165, 1.54) is 24.3 Å². The quantitative estimate of drug-likeness (QED) is 0.772. The summed E-state index contributed by atoms with van der Waals surface area (Å²) in [6.45, 7) is 1.80. The summed E-state index contributed by atoms with van der Waals surface area (Å²) < 4.78 is 65.6. The molecular formula is C20H15F5N2O. The van der Waals surface area contributed by atoms with Crippen molar-refractivity contribution in [2.24, 2.45) is 0 Å². The van der Waals surface area contributed by atoms with Crippen LogP contribution in [0.2, 0.25) is 0 Å². The first-order valence-corrected chi connectivity index (χ1v) is 8.60. The van der Waals surface area contributed by atoms with Crippen molar-refractivity contribution >= 4 is 11.6 Å². The third-order valence-electron chi connectivity index (χ3n) is 5.27. The molecule has 28 heavy (non-hydrogen) atoms. The van der Waals surface area contributed by atoms with E-state index in [0.717, 1.165) is 24.3 Å². The number of halogens is 5. The summed E-state index contributed by atoms with van der Waals surface area (Å²) in [7, 11) is 0. The third-order valence-corrected chi connectivity index (χ3v) is 5.27. The Balaban J connectivity index is 1.63. The molecule has 0 aromatic heterocycles. The van der Waals surface area contributed by atoms with Crippen molar-refractivity contribution in [3.05, 3.63) is 76.9 Å². The molecule has 3 unspecified atom stereocenters. The Morgan fingerprint density at radius 3 is 2.32 bits per heavy atom. The minimum atomic E-state index is -4.43. The van der Waals surface area contributed by atoms with Crippen molar-refractivity contribution in [2.45, 2.75) is 31.2 Å². The van der Waals surface area contributed by atoms with Gasteiger partial charge in [-0.1, -0.05) is 12.1 Å². The SMILES string of the molecule is CC1C(c2ccc(C(F)(F)F)cc2)C2NC(c3ccc(F)cc3F)=CC(=O)N12. The van der Waals surface area contributed by atoms with Crippen molar-refractivity contribution in [1.29, 1.82) is 0 Å². The first kappa shape index (κ1) is 18.5. The summed E-state index contributed by atoms with van der Waals surface area (Å²) in [6.07, 6.45) is -3.71. The predicted molar refractivity (Wildman–Crippen MR) is 91.8 cm³/mol. The Labute approximate surface area is 157 Å². The van der Waals surface area contributed by atoms with Crippen LogP contribution in [-0.4, -0.2) is 23.0 Å². The van der Waals surface area contributed by atoms with E-state index in [9.17, 15) is 26.7 Å². The highest BCUT2D eigenvalue weighted by Gasteiger charge is 2.51. The van der Waals surface area contributed by atoms with E-state index in [0.29, 0.717) is 5.56 Å². The molecule has 4 rings (SSSR count). The van der Waals surface area contributed by atoms with Gasteiger partial charge in [0.1, 0.15) is 17.8 Å². The van der Waals surface area contributed by atoms with E-state index < -0.39 is 29.5 Å². The number of hydrogen-bond donors (Lipinski definition) is 1. The normalized spacial score (nSPS) is 24.2. The number of benzene rings is 2. The van der Waals surface area contributed by atoms with Gasteiger partial charge in [-0.15, -0.1) is 0 Å². The highest BCUT2D eigenvalue weighted by molar-refractivity contribution is 5.98. The summed E-state index contributed by atoms with van der Waals surface area (Å²) in [5.74, 6) is -2.14. The lowest BCUT2D eigenvalue weighted by atomic mass is 9.78. The molecule has 2 heterocycles. The lowest BCUT2D eigenvalue weighted by molar-refractivity contribution is -0.143. The lowest BCUT2D eigenvalue weighted by Gasteiger charge is -2.56. The molecule has 1 saturated heterocycles. The zero-order valence-electron chi connectivity index (χ0n) is 14.6. The molecule has 3 atom stereocenters. The van der Waals surface area contributed by atoms with Crippen molar-refractivity contribution in [3.63, 3.8) is 0 Å². The molecule has 8 heteroatoms. The van der Waals surface area contributed by atoms with Crippen molar-refractivity contribution in [2.75, 3.05) is 0 Å². The Morgan fingerprint density at radius 1 is 1.04 bits per heavy atom. The smallest absolute Gasteiger partial charge is 0.364 e. The van der Waals surface area contributed by atoms with Crippen LogP contribution in [0.3, 0.4) is 0 Å². The molecule has 0 saturated carbocycles. The van der Waals surface area contributed by atoms with Gasteiger partial charge >= 0.3 is 6.18 Å². The molecule has 2 aromatic carbocycles. The van der Waals surface area contributed by atoms with Crippen LogP contribution in [0.4, 0.5) is 22.0 Å². The van der Waals surface area contributed by atoms with E-state index in [1.54, 1.807) is 11.8 Å². The van der Waals surface area contributed by atoms with Crippen LogP contribution in [0.1, 0.15) is 29.5 Å². The van der Waals surface area contributed by atoms with Crippen LogP contribution in [0.5, 0.6) is 0 Å². The van der Waals surface area contributed by atoms with Gasteiger partial charge in [-0.2, -0.15) is 13.2 Å². The fourth-order valence-corrected chi connectivity index (χ4v) is 3.88. The maximum Gasteiger partial charge on any atom is 0.416 e. The van der Waals surface area contributed by atoms with E-state index in [2.05, 4.69) is 5.32 Å². The van der Waals surface area contributed by atoms with Gasteiger partial charge in [-0.3, -0.25) is 4.79 Å². The zero-order chi connectivity index (χ0) is 20.2. The number of amides is 1. The second kappa shape index (κ2) is 6.32. The van der Waals surface area contributed by atoms with Crippen molar-refractivity contribution in [1.82, 2.24) is 10.2 Å². The molecule has 3 nitrogen and oxygen atoms in total. The number of nitrogens with one attached hydrogen (secondary N) is 1. The van der Waals surface area contributed by atoms with Gasteiger partial charge in [0.05, 0.1) is 11.3 Å². The Kier molecular flexibility index (Phi) is 4.17. The molecular weight excluding hydrogens is 379 g/mol. The first-order valence-electron chi connectivity index (χ1n) is 8.60. The second-order valence-corrected chi connectivity index (χ2v) is 6.90. The van der Waals surface area contributed by atoms with Crippen LogP contribution < -0.4 is 5.32 Å². The Bertz CT molecular complexity index is 968. The topological polar surface area (TPSA) is 32.3 Å². The van der Waals surface area contributed by atoms with Crippen LogP contribution in [0.15, 0.2) is 48.5 Å². The minimum absolute atomic E-state index is 0.0557. The number of fused-ring (bicyclic) bond motifs is 1. The standard InChI is InChI=1S/C20H15F5N2O/c1-10-18(11-2-4-12(5-3-11)20(23,24)25)19-26-16(9-17(28)27(10)19)14-7-6-13(21)8-15(14)22/h2-10,18-19,26H,1H3. The third kappa shape index (κ3) is 2.93. The van der Waals surface area contributed by atoms with Crippen molar-refractivity contribution < 1.29 is 26.7 Å². The van der Waals surface area contributed by atoms with Gasteiger partial charge in [0, 0.05) is 29.7 Å². The van der Waals surface area contributed by atoms with Gasteiger partial charge in [0.15, 0.2) is 0 Å². The summed E-state index contributed by atoms with van der Waals surface area (Å²) in [6, 6.07) is 7.62. The average molecular weight is 394 g/mol. The molecule has 1 amide bonds. The predicted octanol–water partition coefficient (Wildman–Crippen LogP) is 4.27. The van der Waals surface area contributed by atoms with Crippen LogP contribution >= 0.6 is 0 Å². The molecule has 2 aliphatic rings. The van der Waals surface area contributed by atoms with Gasteiger partial charge < -0.3 is 10.2 Å².